The van der Waals surface area contributed by atoms with Gasteiger partial charge in [-0.25, -0.2) is 4.79 Å². The van der Waals surface area contributed by atoms with Crippen molar-refractivity contribution in [2.45, 2.75) is 13.8 Å². The molecule has 0 amide bonds. The fraction of sp³-hybridized carbons (Fsp3) is 0.200. The van der Waals surface area contributed by atoms with Crippen LogP contribution in [0, 0.1) is 13.8 Å². The van der Waals surface area contributed by atoms with E-state index in [9.17, 15) is 9.59 Å². The number of hydrogen-bond acceptors (Lipinski definition) is 4. The average molecular weight is 337 g/mol. The maximum atomic E-state index is 12.6. The highest BCUT2D eigenvalue weighted by molar-refractivity contribution is 6.07. The van der Waals surface area contributed by atoms with Crippen molar-refractivity contribution >= 4 is 22.8 Å². The normalized spacial score (nSPS) is 10.7. The first-order valence-electron chi connectivity index (χ1n) is 7.93. The molecule has 0 unspecified atom stereocenters. The third kappa shape index (κ3) is 3.26. The van der Waals surface area contributed by atoms with E-state index in [1.807, 2.05) is 44.2 Å². The van der Waals surface area contributed by atoms with Gasteiger partial charge in [-0.1, -0.05) is 30.3 Å². The third-order valence-electron chi connectivity index (χ3n) is 4.08. The molecule has 0 aliphatic carbocycles. The van der Waals surface area contributed by atoms with Crippen molar-refractivity contribution in [3.63, 3.8) is 0 Å². The second-order valence-corrected chi connectivity index (χ2v) is 5.87. The van der Waals surface area contributed by atoms with E-state index in [1.54, 1.807) is 12.1 Å². The van der Waals surface area contributed by atoms with Gasteiger partial charge in [0.25, 0.3) is 5.91 Å². The molecule has 1 heterocycles. The maximum Gasteiger partial charge on any atom is 0.340 e. The zero-order chi connectivity index (χ0) is 18.0. The van der Waals surface area contributed by atoms with Gasteiger partial charge in [0, 0.05) is 11.6 Å². The summed E-state index contributed by atoms with van der Waals surface area (Å²) in [6.45, 7) is 3.78. The molecule has 0 saturated carbocycles. The van der Waals surface area contributed by atoms with Crippen LogP contribution >= 0.6 is 0 Å². The third-order valence-corrected chi connectivity index (χ3v) is 4.08. The van der Waals surface area contributed by atoms with Crippen molar-refractivity contribution < 1.29 is 19.1 Å². The van der Waals surface area contributed by atoms with E-state index in [4.69, 9.17) is 9.47 Å². The van der Waals surface area contributed by atoms with Crippen molar-refractivity contribution in [3.05, 3.63) is 65.4 Å². The van der Waals surface area contributed by atoms with Crippen LogP contribution in [0.25, 0.3) is 10.9 Å². The first kappa shape index (κ1) is 16.8. The van der Waals surface area contributed by atoms with Crippen LogP contribution in [0.3, 0.4) is 0 Å². The summed E-state index contributed by atoms with van der Waals surface area (Å²) >= 11 is 0. The number of rotatable bonds is 4. The Bertz CT molecular complexity index is 955. The highest BCUT2D eigenvalue weighted by Gasteiger charge is 2.19. The number of carbonyl (C=O) groups is 2. The van der Waals surface area contributed by atoms with Crippen molar-refractivity contribution in [2.24, 2.45) is 0 Å². The summed E-state index contributed by atoms with van der Waals surface area (Å²) in [5, 5.41) is 0.675. The Morgan fingerprint density at radius 2 is 1.84 bits per heavy atom. The van der Waals surface area contributed by atoms with E-state index in [2.05, 4.69) is 0 Å². The lowest BCUT2D eigenvalue weighted by atomic mass is 10.1. The molecule has 0 aliphatic heterocycles. The first-order valence-corrected chi connectivity index (χ1v) is 7.93. The number of ether oxygens (including phenoxy) is 2. The Morgan fingerprint density at radius 1 is 1.08 bits per heavy atom. The molecule has 0 atom stereocenters. The standard InChI is InChI=1S/C20H19NO4/c1-13-8-9-14(2)18(10-13)25-12-19(22)21-11-16(20(23)24-3)15-6-4-5-7-17(15)21/h4-11H,12H2,1-3H3. The van der Waals surface area contributed by atoms with E-state index in [1.165, 1.54) is 17.9 Å². The number of benzene rings is 2. The SMILES string of the molecule is COC(=O)c1cn(C(=O)COc2cc(C)ccc2C)c2ccccc12. The van der Waals surface area contributed by atoms with Gasteiger partial charge in [-0.15, -0.1) is 0 Å². The lowest BCUT2D eigenvalue weighted by Crippen LogP contribution is -2.19. The summed E-state index contributed by atoms with van der Waals surface area (Å²) in [6, 6.07) is 13.1. The summed E-state index contributed by atoms with van der Waals surface area (Å²) in [5.41, 5.74) is 3.04. The molecule has 0 N–H and O–H groups in total. The average Bonchev–Trinajstić information content (AvgIpc) is 3.01. The van der Waals surface area contributed by atoms with E-state index < -0.39 is 5.97 Å². The Hall–Kier alpha value is -3.08. The summed E-state index contributed by atoms with van der Waals surface area (Å²) in [7, 11) is 1.32. The van der Waals surface area contributed by atoms with Crippen molar-refractivity contribution in [3.8, 4) is 5.75 Å². The van der Waals surface area contributed by atoms with Gasteiger partial charge in [-0.2, -0.15) is 0 Å². The minimum Gasteiger partial charge on any atom is -0.483 e. The van der Waals surface area contributed by atoms with Crippen LogP contribution in [0.2, 0.25) is 0 Å². The molecule has 2 aromatic carbocycles. The highest BCUT2D eigenvalue weighted by atomic mass is 16.5. The molecule has 1 aromatic heterocycles. The first-order chi connectivity index (χ1) is 12.0. The Kier molecular flexibility index (Phi) is 4.57. The van der Waals surface area contributed by atoms with Crippen LogP contribution < -0.4 is 4.74 Å². The number of carbonyl (C=O) groups excluding carboxylic acids is 2. The fourth-order valence-electron chi connectivity index (χ4n) is 2.73. The molecule has 0 bridgehead atoms. The Labute approximate surface area is 145 Å². The van der Waals surface area contributed by atoms with Crippen LogP contribution in [-0.2, 0) is 4.74 Å². The number of esters is 1. The zero-order valence-electron chi connectivity index (χ0n) is 14.4. The number of aromatic nitrogens is 1. The Morgan fingerprint density at radius 3 is 2.60 bits per heavy atom. The molecule has 0 aliphatic rings. The van der Waals surface area contributed by atoms with Crippen LogP contribution in [0.1, 0.15) is 26.3 Å². The smallest absolute Gasteiger partial charge is 0.340 e. The summed E-state index contributed by atoms with van der Waals surface area (Å²) in [5.74, 6) is -0.0524. The molecule has 128 valence electrons. The van der Waals surface area contributed by atoms with Gasteiger partial charge in [0.05, 0.1) is 18.2 Å². The molecule has 0 fully saturated rings. The molecule has 3 aromatic rings. The summed E-state index contributed by atoms with van der Waals surface area (Å²) < 4.78 is 11.9. The van der Waals surface area contributed by atoms with Crippen LogP contribution in [0.15, 0.2) is 48.7 Å². The van der Waals surface area contributed by atoms with E-state index in [0.29, 0.717) is 22.2 Å². The molecule has 0 saturated heterocycles. The quantitative estimate of drug-likeness (QED) is 0.680. The number of aryl methyl sites for hydroxylation is 2. The van der Waals surface area contributed by atoms with Crippen LogP contribution in [-0.4, -0.2) is 30.2 Å². The predicted molar refractivity (Wildman–Crippen MR) is 95.3 cm³/mol. The summed E-state index contributed by atoms with van der Waals surface area (Å²) in [4.78, 5) is 24.6. The highest BCUT2D eigenvalue weighted by Crippen LogP contribution is 2.23. The van der Waals surface area contributed by atoms with E-state index in [-0.39, 0.29) is 12.5 Å². The molecular formula is C20H19NO4. The van der Waals surface area contributed by atoms with Gasteiger partial charge >= 0.3 is 5.97 Å². The predicted octanol–water partition coefficient (Wildman–Crippen LogP) is 3.76. The second kappa shape index (κ2) is 6.81. The van der Waals surface area contributed by atoms with Gasteiger partial charge in [-0.3, -0.25) is 9.36 Å². The molecule has 0 radical (unpaired) electrons. The topological polar surface area (TPSA) is 57.5 Å². The molecular weight excluding hydrogens is 318 g/mol. The van der Waals surface area contributed by atoms with Crippen molar-refractivity contribution in [1.82, 2.24) is 4.57 Å². The molecule has 5 nitrogen and oxygen atoms in total. The van der Waals surface area contributed by atoms with Crippen molar-refractivity contribution in [1.29, 1.82) is 0 Å². The van der Waals surface area contributed by atoms with E-state index >= 15 is 0 Å². The number of fused-ring (bicyclic) bond motifs is 1. The lowest BCUT2D eigenvalue weighted by Gasteiger charge is -2.10. The van der Waals surface area contributed by atoms with Crippen LogP contribution in [0.5, 0.6) is 5.75 Å². The van der Waals surface area contributed by atoms with E-state index in [0.717, 1.165) is 11.1 Å². The van der Waals surface area contributed by atoms with Gasteiger partial charge in [-0.05, 0) is 37.1 Å². The van der Waals surface area contributed by atoms with Gasteiger partial charge in [0.2, 0.25) is 0 Å². The minimum absolute atomic E-state index is 0.121. The summed E-state index contributed by atoms with van der Waals surface area (Å²) in [6.07, 6.45) is 1.51. The van der Waals surface area contributed by atoms with Gasteiger partial charge < -0.3 is 9.47 Å². The molecule has 25 heavy (non-hydrogen) atoms. The molecule has 0 spiro atoms. The number of methoxy groups -OCH3 is 1. The zero-order valence-corrected chi connectivity index (χ0v) is 14.4. The van der Waals surface area contributed by atoms with Gasteiger partial charge in [0.1, 0.15) is 5.75 Å². The largest absolute Gasteiger partial charge is 0.483 e. The number of nitrogens with zero attached hydrogens (tertiary/aromatic N) is 1. The fourth-order valence-corrected chi connectivity index (χ4v) is 2.73. The lowest BCUT2D eigenvalue weighted by molar-refractivity contribution is 0.0603. The Balaban J connectivity index is 1.90. The number of para-hydroxylation sites is 1. The monoisotopic (exact) mass is 337 g/mol. The van der Waals surface area contributed by atoms with Crippen molar-refractivity contribution in [2.75, 3.05) is 13.7 Å². The van der Waals surface area contributed by atoms with Gasteiger partial charge in [0.15, 0.2) is 6.61 Å². The maximum absolute atomic E-state index is 12.6. The molecule has 5 heteroatoms. The minimum atomic E-state index is -0.474. The number of hydrogen-bond donors (Lipinski definition) is 0. The van der Waals surface area contributed by atoms with Crippen LogP contribution in [0.4, 0.5) is 0 Å². The second-order valence-electron chi connectivity index (χ2n) is 5.87. The molecule has 3 rings (SSSR count).